The van der Waals surface area contributed by atoms with Crippen LogP contribution in [-0.4, -0.2) is 15.0 Å². The lowest BCUT2D eigenvalue weighted by molar-refractivity contribution is -0.141. The zero-order chi connectivity index (χ0) is 14.2. The zero-order valence-corrected chi connectivity index (χ0v) is 10.5. The van der Waals surface area contributed by atoms with E-state index in [0.717, 1.165) is 10.7 Å². The molecular weight excluding hydrogens is 281 g/mol. The first-order valence-corrected chi connectivity index (χ1v) is 5.59. The Balaban J connectivity index is 2.60. The molecule has 0 saturated heterocycles. The molecule has 2 rings (SSSR count). The molecule has 0 saturated carbocycles. The highest BCUT2D eigenvalue weighted by molar-refractivity contribution is 6.68. The number of alkyl halides is 3. The molecule has 2 aromatic rings. The second kappa shape index (κ2) is 4.70. The van der Waals surface area contributed by atoms with Crippen LogP contribution in [0.4, 0.5) is 13.2 Å². The average Bonchev–Trinajstić information content (AvgIpc) is 2.71. The maximum absolute atomic E-state index is 12.6. The highest BCUT2D eigenvalue weighted by Gasteiger charge is 2.35. The Labute approximate surface area is 111 Å². The van der Waals surface area contributed by atoms with E-state index in [2.05, 4.69) is 5.10 Å². The van der Waals surface area contributed by atoms with Crippen molar-refractivity contribution in [2.45, 2.75) is 6.18 Å². The number of carbonyl (C=O) groups is 1. The molecule has 3 nitrogen and oxygen atoms in total. The Morgan fingerprint density at radius 3 is 2.47 bits per heavy atom. The third-order valence-electron chi connectivity index (χ3n) is 2.59. The van der Waals surface area contributed by atoms with E-state index in [-0.39, 0.29) is 11.3 Å². The Morgan fingerprint density at radius 1 is 1.32 bits per heavy atom. The van der Waals surface area contributed by atoms with E-state index in [9.17, 15) is 18.0 Å². The van der Waals surface area contributed by atoms with E-state index in [1.54, 1.807) is 12.1 Å². The molecule has 0 aliphatic rings. The van der Waals surface area contributed by atoms with Crippen molar-refractivity contribution in [3.8, 4) is 11.3 Å². The first-order chi connectivity index (χ1) is 8.80. The summed E-state index contributed by atoms with van der Waals surface area (Å²) in [5.74, 6) is 0. The molecule has 0 fully saturated rings. The van der Waals surface area contributed by atoms with Crippen LogP contribution in [0.1, 0.15) is 16.1 Å². The molecule has 100 valence electrons. The number of aryl methyl sites for hydroxylation is 1. The Kier molecular flexibility index (Phi) is 3.36. The van der Waals surface area contributed by atoms with Crippen LogP contribution in [0.5, 0.6) is 0 Å². The van der Waals surface area contributed by atoms with E-state index in [4.69, 9.17) is 11.6 Å². The van der Waals surface area contributed by atoms with E-state index >= 15 is 0 Å². The Hall–Kier alpha value is -1.82. The van der Waals surface area contributed by atoms with Gasteiger partial charge in [0.15, 0.2) is 5.69 Å². The Bertz CT molecular complexity index is 634. The molecule has 0 radical (unpaired) electrons. The first-order valence-electron chi connectivity index (χ1n) is 5.21. The fraction of sp³-hybridized carbons (Fsp3) is 0.167. The molecule has 7 heteroatoms. The van der Waals surface area contributed by atoms with Crippen LogP contribution in [0.3, 0.4) is 0 Å². The lowest BCUT2D eigenvalue weighted by atomic mass is 10.1. The quantitative estimate of drug-likeness (QED) is 0.793. The van der Waals surface area contributed by atoms with Gasteiger partial charge in [-0.25, -0.2) is 0 Å². The summed E-state index contributed by atoms with van der Waals surface area (Å²) in [7, 11) is 1.38. The molecule has 0 aliphatic heterocycles. The predicted octanol–water partition coefficient (Wildman–Crippen LogP) is 3.48. The van der Waals surface area contributed by atoms with E-state index < -0.39 is 17.1 Å². The van der Waals surface area contributed by atoms with Crippen molar-refractivity contribution in [2.75, 3.05) is 0 Å². The van der Waals surface area contributed by atoms with Gasteiger partial charge in [0.05, 0.1) is 5.69 Å². The van der Waals surface area contributed by atoms with Crippen molar-refractivity contribution >= 4 is 16.8 Å². The van der Waals surface area contributed by atoms with Gasteiger partial charge in [-0.2, -0.15) is 18.3 Å². The number of carbonyl (C=O) groups excluding carboxylic acids is 1. The van der Waals surface area contributed by atoms with Gasteiger partial charge >= 0.3 is 6.18 Å². The van der Waals surface area contributed by atoms with Crippen molar-refractivity contribution in [1.82, 2.24) is 9.78 Å². The summed E-state index contributed by atoms with van der Waals surface area (Å²) in [5, 5.41) is 2.66. The number of rotatable bonds is 2. The van der Waals surface area contributed by atoms with Crippen LogP contribution >= 0.6 is 11.6 Å². The maximum atomic E-state index is 12.6. The molecule has 0 bridgehead atoms. The van der Waals surface area contributed by atoms with Crippen molar-refractivity contribution in [3.05, 3.63) is 41.6 Å². The van der Waals surface area contributed by atoms with Gasteiger partial charge in [-0.05, 0) is 23.7 Å². The van der Waals surface area contributed by atoms with Gasteiger partial charge in [0.1, 0.15) is 0 Å². The molecular formula is C12H8ClF3N2O. The highest BCUT2D eigenvalue weighted by Crippen LogP contribution is 2.32. The van der Waals surface area contributed by atoms with Crippen LogP contribution in [0, 0.1) is 0 Å². The van der Waals surface area contributed by atoms with Crippen LogP contribution in [-0.2, 0) is 13.2 Å². The standard InChI is InChI=1S/C12H8ClF3N2O/c1-18-9(6-10(17-18)12(14,15)16)7-4-2-3-5-8(7)11(13)19/h2-6H,1H3. The molecule has 0 N–H and O–H groups in total. The van der Waals surface area contributed by atoms with Gasteiger partial charge in [0, 0.05) is 18.2 Å². The maximum Gasteiger partial charge on any atom is 0.435 e. The topological polar surface area (TPSA) is 34.9 Å². The van der Waals surface area contributed by atoms with E-state index in [1.807, 2.05) is 0 Å². The van der Waals surface area contributed by atoms with Gasteiger partial charge in [-0.1, -0.05) is 18.2 Å². The highest BCUT2D eigenvalue weighted by atomic mass is 35.5. The molecule has 0 unspecified atom stereocenters. The first kappa shape index (κ1) is 13.6. The number of aromatic nitrogens is 2. The molecule has 0 aliphatic carbocycles. The number of hydrogen-bond donors (Lipinski definition) is 0. The summed E-state index contributed by atoms with van der Waals surface area (Å²) in [6, 6.07) is 7.05. The molecule has 1 aromatic heterocycles. The number of hydrogen-bond acceptors (Lipinski definition) is 2. The molecule has 1 aromatic carbocycles. The number of halogens is 4. The van der Waals surface area contributed by atoms with Crippen LogP contribution in [0.2, 0.25) is 0 Å². The summed E-state index contributed by atoms with van der Waals surface area (Å²) >= 11 is 5.42. The number of benzene rings is 1. The fourth-order valence-electron chi connectivity index (χ4n) is 1.74. The van der Waals surface area contributed by atoms with Gasteiger partial charge in [0.2, 0.25) is 0 Å². The lowest BCUT2D eigenvalue weighted by Gasteiger charge is -2.05. The van der Waals surface area contributed by atoms with Crippen molar-refractivity contribution in [2.24, 2.45) is 7.05 Å². The Morgan fingerprint density at radius 2 is 1.95 bits per heavy atom. The number of nitrogens with zero attached hydrogens (tertiary/aromatic N) is 2. The minimum Gasteiger partial charge on any atom is -0.276 e. The summed E-state index contributed by atoms with van der Waals surface area (Å²) in [4.78, 5) is 11.3. The van der Waals surface area contributed by atoms with Crippen molar-refractivity contribution in [1.29, 1.82) is 0 Å². The molecule has 19 heavy (non-hydrogen) atoms. The van der Waals surface area contributed by atoms with Gasteiger partial charge in [-0.15, -0.1) is 0 Å². The van der Waals surface area contributed by atoms with Gasteiger partial charge in [-0.3, -0.25) is 9.48 Å². The smallest absolute Gasteiger partial charge is 0.276 e. The third-order valence-corrected chi connectivity index (χ3v) is 2.79. The predicted molar refractivity (Wildman–Crippen MR) is 63.8 cm³/mol. The van der Waals surface area contributed by atoms with Crippen molar-refractivity contribution in [3.63, 3.8) is 0 Å². The fourth-order valence-corrected chi connectivity index (χ4v) is 1.90. The van der Waals surface area contributed by atoms with Gasteiger partial charge in [0.25, 0.3) is 5.24 Å². The summed E-state index contributed by atoms with van der Waals surface area (Å²) in [6.45, 7) is 0. The largest absolute Gasteiger partial charge is 0.435 e. The second-order valence-corrected chi connectivity index (χ2v) is 4.20. The van der Waals surface area contributed by atoms with Crippen molar-refractivity contribution < 1.29 is 18.0 Å². The van der Waals surface area contributed by atoms with Crippen LogP contribution < -0.4 is 0 Å². The molecule has 0 spiro atoms. The van der Waals surface area contributed by atoms with Gasteiger partial charge < -0.3 is 0 Å². The van der Waals surface area contributed by atoms with E-state index in [0.29, 0.717) is 5.56 Å². The van der Waals surface area contributed by atoms with Crippen LogP contribution in [0.15, 0.2) is 30.3 Å². The third kappa shape index (κ3) is 2.63. The zero-order valence-electron chi connectivity index (χ0n) is 9.70. The summed E-state index contributed by atoms with van der Waals surface area (Å²) < 4.78 is 38.8. The SMILES string of the molecule is Cn1nc(C(F)(F)F)cc1-c1ccccc1C(=O)Cl. The molecule has 0 atom stereocenters. The normalized spacial score (nSPS) is 11.6. The van der Waals surface area contributed by atoms with E-state index in [1.165, 1.54) is 19.2 Å². The lowest BCUT2D eigenvalue weighted by Crippen LogP contribution is -2.06. The second-order valence-electron chi connectivity index (χ2n) is 3.86. The summed E-state index contributed by atoms with van der Waals surface area (Å²) in [5.41, 5.74) is -0.382. The average molecular weight is 289 g/mol. The van der Waals surface area contributed by atoms with Crippen LogP contribution in [0.25, 0.3) is 11.3 Å². The summed E-state index contributed by atoms with van der Waals surface area (Å²) in [6.07, 6.45) is -4.53. The minimum absolute atomic E-state index is 0.140. The monoisotopic (exact) mass is 288 g/mol. The minimum atomic E-state index is -4.53. The molecule has 1 heterocycles. The molecule has 0 amide bonds.